The predicted octanol–water partition coefficient (Wildman–Crippen LogP) is 3.23. The number of carbonyl (C=O) groups excluding carboxylic acids is 2. The Balaban J connectivity index is 1.33. The lowest BCUT2D eigenvalue weighted by Gasteiger charge is -2.22. The van der Waals surface area contributed by atoms with E-state index in [1.165, 1.54) is 11.3 Å². The second-order valence-electron chi connectivity index (χ2n) is 9.53. The van der Waals surface area contributed by atoms with Crippen molar-refractivity contribution in [2.45, 2.75) is 63.6 Å². The average molecular weight is 484 g/mol. The van der Waals surface area contributed by atoms with Gasteiger partial charge in [-0.25, -0.2) is 15.4 Å². The fourth-order valence-electron chi connectivity index (χ4n) is 5.32. The molecule has 34 heavy (non-hydrogen) atoms. The number of ether oxygens (including phenoxy) is 1. The Morgan fingerprint density at radius 2 is 2.12 bits per heavy atom. The molecule has 5 rings (SSSR count). The summed E-state index contributed by atoms with van der Waals surface area (Å²) in [6.45, 7) is 5.41. The Morgan fingerprint density at radius 1 is 1.29 bits per heavy atom. The summed E-state index contributed by atoms with van der Waals surface area (Å²) >= 11 is 1.43. The minimum absolute atomic E-state index is 0.247. The van der Waals surface area contributed by atoms with Gasteiger partial charge in [-0.15, -0.1) is 11.3 Å². The van der Waals surface area contributed by atoms with Crippen LogP contribution >= 0.6 is 11.3 Å². The highest BCUT2D eigenvalue weighted by Gasteiger charge is 2.51. The van der Waals surface area contributed by atoms with Crippen LogP contribution in [0.5, 0.6) is 0 Å². The summed E-state index contributed by atoms with van der Waals surface area (Å²) in [6.07, 6.45) is 2.82. The van der Waals surface area contributed by atoms with E-state index in [1.54, 1.807) is 10.9 Å². The molecule has 0 unspecified atom stereocenters. The van der Waals surface area contributed by atoms with E-state index in [9.17, 15) is 14.8 Å². The van der Waals surface area contributed by atoms with Crippen molar-refractivity contribution in [3.05, 3.63) is 46.2 Å². The molecule has 3 aromatic rings. The summed E-state index contributed by atoms with van der Waals surface area (Å²) < 4.78 is 8.09. The standard InChI is InChI=1S/C24H29N5O4S/c1-14(2)21-26-16-6-3-4-7-19(16)29(21)12-20-25-18(13-34-20)23(31)27-17-11-24(8-5-9-33-24)10-15(17)22(30)28-32/h3-4,6-7,13-15,17,32H,5,8-12H2,1-2H3,(H,27,31)(H,28,30)/t15-,17+,24+/m0/s1. The van der Waals surface area contributed by atoms with Crippen LogP contribution in [0.15, 0.2) is 29.6 Å². The second kappa shape index (κ2) is 9.09. The highest BCUT2D eigenvalue weighted by molar-refractivity contribution is 7.09. The Bertz CT molecular complexity index is 1210. The van der Waals surface area contributed by atoms with Crippen molar-refractivity contribution in [1.29, 1.82) is 0 Å². The van der Waals surface area contributed by atoms with Gasteiger partial charge in [0, 0.05) is 23.9 Å². The lowest BCUT2D eigenvalue weighted by molar-refractivity contribution is -0.134. The summed E-state index contributed by atoms with van der Waals surface area (Å²) in [6, 6.07) is 7.59. The zero-order chi connectivity index (χ0) is 23.9. The molecule has 10 heteroatoms. The van der Waals surface area contributed by atoms with Crippen molar-refractivity contribution >= 4 is 34.2 Å². The van der Waals surface area contributed by atoms with E-state index >= 15 is 0 Å². The first kappa shape index (κ1) is 22.9. The van der Waals surface area contributed by atoms with Gasteiger partial charge in [0.15, 0.2) is 0 Å². The first-order valence-corrected chi connectivity index (χ1v) is 12.6. The third-order valence-electron chi connectivity index (χ3n) is 6.90. The minimum atomic E-state index is -0.545. The largest absolute Gasteiger partial charge is 0.375 e. The molecule has 0 bridgehead atoms. The van der Waals surface area contributed by atoms with E-state index < -0.39 is 23.5 Å². The maximum Gasteiger partial charge on any atom is 0.271 e. The molecular weight excluding hydrogens is 454 g/mol. The van der Waals surface area contributed by atoms with Gasteiger partial charge >= 0.3 is 0 Å². The number of imidazole rings is 1. The summed E-state index contributed by atoms with van der Waals surface area (Å²) in [4.78, 5) is 34.7. The summed E-state index contributed by atoms with van der Waals surface area (Å²) in [5, 5.41) is 14.7. The SMILES string of the molecule is CC(C)c1nc2ccccc2n1Cc1nc(C(=O)N[C@@H]2C[C@@]3(CCCO3)C[C@@H]2C(=O)NO)cs1. The Kier molecular flexibility index (Phi) is 6.13. The molecule has 1 saturated carbocycles. The van der Waals surface area contributed by atoms with Crippen LogP contribution in [-0.4, -0.2) is 49.8 Å². The first-order valence-electron chi connectivity index (χ1n) is 11.7. The zero-order valence-corrected chi connectivity index (χ0v) is 20.1. The Hall–Kier alpha value is -2.82. The van der Waals surface area contributed by atoms with Gasteiger partial charge in [-0.2, -0.15) is 0 Å². The van der Waals surface area contributed by atoms with E-state index in [-0.39, 0.29) is 11.8 Å². The zero-order valence-electron chi connectivity index (χ0n) is 19.3. The van der Waals surface area contributed by atoms with Crippen LogP contribution in [0.4, 0.5) is 0 Å². The average Bonchev–Trinajstić information content (AvgIpc) is 3.61. The third-order valence-corrected chi connectivity index (χ3v) is 7.73. The summed E-state index contributed by atoms with van der Waals surface area (Å²) in [7, 11) is 0. The lowest BCUT2D eigenvalue weighted by atomic mass is 9.96. The second-order valence-corrected chi connectivity index (χ2v) is 10.5. The molecule has 1 aliphatic heterocycles. The van der Waals surface area contributed by atoms with E-state index in [0.29, 0.717) is 31.7 Å². The van der Waals surface area contributed by atoms with Crippen LogP contribution in [0.25, 0.3) is 11.0 Å². The predicted molar refractivity (Wildman–Crippen MR) is 127 cm³/mol. The third kappa shape index (κ3) is 4.21. The maximum absolute atomic E-state index is 13.0. The van der Waals surface area contributed by atoms with Gasteiger partial charge in [-0.3, -0.25) is 14.8 Å². The number of nitrogens with zero attached hydrogens (tertiary/aromatic N) is 3. The molecule has 180 valence electrons. The van der Waals surface area contributed by atoms with Crippen molar-refractivity contribution in [3.63, 3.8) is 0 Å². The van der Waals surface area contributed by atoms with E-state index in [1.807, 2.05) is 24.3 Å². The number of thiazole rings is 1. The number of rotatable bonds is 6. The normalized spacial score (nSPS) is 24.4. The molecule has 3 atom stereocenters. The van der Waals surface area contributed by atoms with Gasteiger partial charge in [0.1, 0.15) is 16.5 Å². The Morgan fingerprint density at radius 3 is 2.85 bits per heavy atom. The van der Waals surface area contributed by atoms with Gasteiger partial charge < -0.3 is 14.6 Å². The molecule has 3 N–H and O–H groups in total. The molecule has 2 amide bonds. The number of hydrogen-bond acceptors (Lipinski definition) is 7. The van der Waals surface area contributed by atoms with Crippen molar-refractivity contribution < 1.29 is 19.5 Å². The van der Waals surface area contributed by atoms with E-state index in [4.69, 9.17) is 9.72 Å². The number of nitrogens with one attached hydrogen (secondary N) is 2. The lowest BCUT2D eigenvalue weighted by Crippen LogP contribution is -2.43. The quantitative estimate of drug-likeness (QED) is 0.366. The minimum Gasteiger partial charge on any atom is -0.375 e. The van der Waals surface area contributed by atoms with Crippen LogP contribution < -0.4 is 10.8 Å². The summed E-state index contributed by atoms with van der Waals surface area (Å²) in [5.74, 6) is -0.135. The van der Waals surface area contributed by atoms with Gasteiger partial charge in [0.2, 0.25) is 5.91 Å². The molecule has 1 saturated heterocycles. The van der Waals surface area contributed by atoms with Gasteiger partial charge in [-0.05, 0) is 37.8 Å². The number of amides is 2. The molecule has 1 aromatic carbocycles. The van der Waals surface area contributed by atoms with Crippen molar-refractivity contribution in [1.82, 2.24) is 25.3 Å². The topological polar surface area (TPSA) is 118 Å². The number of aromatic nitrogens is 3. The number of hydroxylamine groups is 1. The number of fused-ring (bicyclic) bond motifs is 1. The molecule has 0 radical (unpaired) electrons. The smallest absolute Gasteiger partial charge is 0.271 e. The molecule has 2 aliphatic rings. The Labute approximate surface area is 201 Å². The van der Waals surface area contributed by atoms with Crippen molar-refractivity contribution in [2.75, 3.05) is 6.61 Å². The van der Waals surface area contributed by atoms with Crippen molar-refractivity contribution in [2.24, 2.45) is 5.92 Å². The molecule has 2 aromatic heterocycles. The van der Waals surface area contributed by atoms with Gasteiger partial charge in [0.25, 0.3) is 5.91 Å². The molecular formula is C24H29N5O4S. The highest BCUT2D eigenvalue weighted by atomic mass is 32.1. The number of benzene rings is 1. The molecule has 9 nitrogen and oxygen atoms in total. The van der Waals surface area contributed by atoms with Crippen LogP contribution in [0, 0.1) is 5.92 Å². The van der Waals surface area contributed by atoms with E-state index in [0.717, 1.165) is 34.7 Å². The van der Waals surface area contributed by atoms with Crippen LogP contribution in [-0.2, 0) is 16.1 Å². The van der Waals surface area contributed by atoms with Crippen LogP contribution in [0.3, 0.4) is 0 Å². The van der Waals surface area contributed by atoms with E-state index in [2.05, 4.69) is 28.7 Å². The number of para-hydroxylation sites is 2. The fourth-order valence-corrected chi connectivity index (χ4v) is 6.09. The molecule has 1 aliphatic carbocycles. The monoisotopic (exact) mass is 483 g/mol. The molecule has 1 spiro atoms. The number of carbonyl (C=O) groups is 2. The van der Waals surface area contributed by atoms with Crippen LogP contribution in [0.2, 0.25) is 0 Å². The first-order chi connectivity index (χ1) is 16.4. The molecule has 3 heterocycles. The summed E-state index contributed by atoms with van der Waals surface area (Å²) in [5.41, 5.74) is 3.65. The van der Waals surface area contributed by atoms with Gasteiger partial charge in [-0.1, -0.05) is 26.0 Å². The van der Waals surface area contributed by atoms with Gasteiger partial charge in [0.05, 0.1) is 29.1 Å². The number of hydrogen-bond donors (Lipinski definition) is 3. The maximum atomic E-state index is 13.0. The van der Waals surface area contributed by atoms with Crippen molar-refractivity contribution in [3.8, 4) is 0 Å². The molecule has 2 fully saturated rings. The highest BCUT2D eigenvalue weighted by Crippen LogP contribution is 2.44. The fraction of sp³-hybridized carbons (Fsp3) is 0.500. The van der Waals surface area contributed by atoms with Crippen LogP contribution in [0.1, 0.15) is 66.8 Å².